The summed E-state index contributed by atoms with van der Waals surface area (Å²) in [6.45, 7) is 1.77. The summed E-state index contributed by atoms with van der Waals surface area (Å²) in [5.41, 5.74) is 0.704. The Kier molecular flexibility index (Phi) is 2.46. The lowest BCUT2D eigenvalue weighted by Crippen LogP contribution is -2.05. The largest absolute Gasteiger partial charge is 0.508 e. The first-order chi connectivity index (χ1) is 5.25. The van der Waals surface area contributed by atoms with Crippen LogP contribution in [0.2, 0.25) is 0 Å². The Bertz CT molecular complexity index is 237. The molecule has 0 amide bonds. The van der Waals surface area contributed by atoms with Gasteiger partial charge in [-0.25, -0.2) is 5.90 Å². The van der Waals surface area contributed by atoms with Crippen LogP contribution in [0.1, 0.15) is 18.6 Å². The molecular formula is C8H11NO2. The second-order valence-electron chi connectivity index (χ2n) is 2.34. The molecule has 0 aromatic heterocycles. The lowest BCUT2D eigenvalue weighted by Gasteiger charge is -2.09. The van der Waals surface area contributed by atoms with E-state index in [1.165, 1.54) is 0 Å². The van der Waals surface area contributed by atoms with Crippen LogP contribution in [0.3, 0.4) is 0 Å². The van der Waals surface area contributed by atoms with Crippen LogP contribution in [0.4, 0.5) is 0 Å². The highest BCUT2D eigenvalue weighted by atomic mass is 16.6. The maximum absolute atomic E-state index is 9.28. The summed E-state index contributed by atoms with van der Waals surface area (Å²) < 4.78 is 0. The van der Waals surface area contributed by atoms with Crippen LogP contribution in [0.5, 0.6) is 5.75 Å². The molecule has 1 rings (SSSR count). The molecule has 0 fully saturated rings. The Balaban J connectivity index is 2.93. The van der Waals surface area contributed by atoms with E-state index >= 15 is 0 Å². The van der Waals surface area contributed by atoms with Crippen LogP contribution < -0.4 is 5.90 Å². The van der Waals surface area contributed by atoms with Crippen molar-refractivity contribution in [1.29, 1.82) is 0 Å². The third-order valence-electron chi connectivity index (χ3n) is 1.58. The number of rotatable bonds is 2. The highest BCUT2D eigenvalue weighted by Crippen LogP contribution is 2.24. The summed E-state index contributed by atoms with van der Waals surface area (Å²) in [6, 6.07) is 6.95. The van der Waals surface area contributed by atoms with E-state index in [1.807, 2.05) is 6.07 Å². The van der Waals surface area contributed by atoms with Gasteiger partial charge in [0.1, 0.15) is 11.9 Å². The Morgan fingerprint density at radius 1 is 1.45 bits per heavy atom. The molecule has 1 unspecified atom stereocenters. The van der Waals surface area contributed by atoms with Crippen molar-refractivity contribution in [3.8, 4) is 5.75 Å². The Hall–Kier alpha value is -1.06. The molecule has 3 heteroatoms. The van der Waals surface area contributed by atoms with Crippen LogP contribution in [0.15, 0.2) is 24.3 Å². The van der Waals surface area contributed by atoms with E-state index in [-0.39, 0.29) is 11.9 Å². The summed E-state index contributed by atoms with van der Waals surface area (Å²) in [6.07, 6.45) is -0.267. The summed E-state index contributed by atoms with van der Waals surface area (Å²) in [7, 11) is 0. The van der Waals surface area contributed by atoms with Crippen molar-refractivity contribution in [2.24, 2.45) is 5.90 Å². The number of hydrogen-bond acceptors (Lipinski definition) is 3. The monoisotopic (exact) mass is 153 g/mol. The summed E-state index contributed by atoms with van der Waals surface area (Å²) in [4.78, 5) is 4.56. The summed E-state index contributed by atoms with van der Waals surface area (Å²) >= 11 is 0. The average Bonchev–Trinajstić information content (AvgIpc) is 2.04. The zero-order valence-electron chi connectivity index (χ0n) is 6.32. The predicted molar refractivity (Wildman–Crippen MR) is 41.8 cm³/mol. The standard InChI is InChI=1S/C8H11NO2/c1-6(11-9)7-4-2-3-5-8(7)10/h2-6,10H,9H2,1H3. The zero-order valence-corrected chi connectivity index (χ0v) is 6.32. The van der Waals surface area contributed by atoms with Gasteiger partial charge < -0.3 is 5.11 Å². The maximum atomic E-state index is 9.28. The van der Waals surface area contributed by atoms with E-state index in [0.29, 0.717) is 5.56 Å². The average molecular weight is 153 g/mol. The highest BCUT2D eigenvalue weighted by molar-refractivity contribution is 5.33. The van der Waals surface area contributed by atoms with E-state index in [1.54, 1.807) is 25.1 Å². The van der Waals surface area contributed by atoms with Crippen molar-refractivity contribution in [2.45, 2.75) is 13.0 Å². The molecule has 0 spiro atoms. The number of nitrogens with two attached hydrogens (primary N) is 1. The predicted octanol–water partition coefficient (Wildman–Crippen LogP) is 1.34. The van der Waals surface area contributed by atoms with Crippen molar-refractivity contribution in [3.05, 3.63) is 29.8 Å². The smallest absolute Gasteiger partial charge is 0.121 e. The first-order valence-corrected chi connectivity index (χ1v) is 3.39. The molecule has 1 aromatic carbocycles. The molecule has 3 N–H and O–H groups in total. The number of benzene rings is 1. The van der Waals surface area contributed by atoms with Gasteiger partial charge in [-0.2, -0.15) is 0 Å². The fraction of sp³-hybridized carbons (Fsp3) is 0.250. The third-order valence-corrected chi connectivity index (χ3v) is 1.58. The van der Waals surface area contributed by atoms with Gasteiger partial charge in [-0.05, 0) is 13.0 Å². The Morgan fingerprint density at radius 2 is 2.09 bits per heavy atom. The lowest BCUT2D eigenvalue weighted by atomic mass is 10.1. The lowest BCUT2D eigenvalue weighted by molar-refractivity contribution is 0.0647. The van der Waals surface area contributed by atoms with Gasteiger partial charge in [0, 0.05) is 5.56 Å². The highest BCUT2D eigenvalue weighted by Gasteiger charge is 2.07. The third kappa shape index (κ3) is 1.69. The van der Waals surface area contributed by atoms with Gasteiger partial charge >= 0.3 is 0 Å². The van der Waals surface area contributed by atoms with Crippen LogP contribution in [-0.2, 0) is 4.84 Å². The molecule has 1 atom stereocenters. The van der Waals surface area contributed by atoms with Crippen LogP contribution in [0.25, 0.3) is 0 Å². The molecule has 0 aliphatic heterocycles. The van der Waals surface area contributed by atoms with E-state index in [0.717, 1.165) is 0 Å². The zero-order chi connectivity index (χ0) is 8.27. The van der Waals surface area contributed by atoms with Crippen molar-refractivity contribution in [3.63, 3.8) is 0 Å². The topological polar surface area (TPSA) is 55.5 Å². The normalized spacial score (nSPS) is 12.9. The van der Waals surface area contributed by atoms with Crippen molar-refractivity contribution in [1.82, 2.24) is 0 Å². The maximum Gasteiger partial charge on any atom is 0.121 e. The minimum absolute atomic E-state index is 0.213. The Labute approximate surface area is 65.4 Å². The quantitative estimate of drug-likeness (QED) is 0.630. The number of phenols is 1. The molecule has 0 radical (unpaired) electrons. The van der Waals surface area contributed by atoms with Gasteiger partial charge in [0.25, 0.3) is 0 Å². The number of phenolic OH excluding ortho intramolecular Hbond substituents is 1. The Morgan fingerprint density at radius 3 is 2.64 bits per heavy atom. The minimum Gasteiger partial charge on any atom is -0.508 e. The van der Waals surface area contributed by atoms with E-state index < -0.39 is 0 Å². The fourth-order valence-electron chi connectivity index (χ4n) is 0.905. The number of hydrogen-bond donors (Lipinski definition) is 2. The molecule has 0 saturated heterocycles. The van der Waals surface area contributed by atoms with Crippen LogP contribution in [0, 0.1) is 0 Å². The fourth-order valence-corrected chi connectivity index (χ4v) is 0.905. The SMILES string of the molecule is CC(ON)c1ccccc1O. The van der Waals surface area contributed by atoms with Gasteiger partial charge in [0.15, 0.2) is 0 Å². The molecule has 0 aliphatic rings. The van der Waals surface area contributed by atoms with Crippen molar-refractivity contribution in [2.75, 3.05) is 0 Å². The molecule has 60 valence electrons. The van der Waals surface area contributed by atoms with Gasteiger partial charge in [0.05, 0.1) is 0 Å². The number of aromatic hydroxyl groups is 1. The molecule has 3 nitrogen and oxygen atoms in total. The minimum atomic E-state index is -0.267. The first-order valence-electron chi connectivity index (χ1n) is 3.39. The summed E-state index contributed by atoms with van der Waals surface area (Å²) in [5.74, 6) is 5.18. The molecule has 0 bridgehead atoms. The van der Waals surface area contributed by atoms with Gasteiger partial charge in [-0.3, -0.25) is 4.84 Å². The molecule has 11 heavy (non-hydrogen) atoms. The molecule has 0 saturated carbocycles. The van der Waals surface area contributed by atoms with Gasteiger partial charge in [-0.1, -0.05) is 18.2 Å². The van der Waals surface area contributed by atoms with E-state index in [9.17, 15) is 5.11 Å². The first kappa shape index (κ1) is 8.04. The molecule has 1 aromatic rings. The van der Waals surface area contributed by atoms with Crippen LogP contribution >= 0.6 is 0 Å². The molecule has 0 aliphatic carbocycles. The van der Waals surface area contributed by atoms with Gasteiger partial charge in [-0.15, -0.1) is 0 Å². The van der Waals surface area contributed by atoms with E-state index in [2.05, 4.69) is 4.84 Å². The van der Waals surface area contributed by atoms with Gasteiger partial charge in [0.2, 0.25) is 0 Å². The summed E-state index contributed by atoms with van der Waals surface area (Å²) in [5, 5.41) is 9.28. The molecule has 0 heterocycles. The van der Waals surface area contributed by atoms with Crippen molar-refractivity contribution >= 4 is 0 Å². The molecular weight excluding hydrogens is 142 g/mol. The van der Waals surface area contributed by atoms with E-state index in [4.69, 9.17) is 5.90 Å². The van der Waals surface area contributed by atoms with Crippen molar-refractivity contribution < 1.29 is 9.94 Å². The van der Waals surface area contributed by atoms with Crippen LogP contribution in [-0.4, -0.2) is 5.11 Å². The number of para-hydroxylation sites is 1. The second kappa shape index (κ2) is 3.37. The second-order valence-corrected chi connectivity index (χ2v) is 2.34.